The smallest absolute Gasteiger partial charge is 0.289 e. The molecule has 4 aromatic rings. The lowest BCUT2D eigenvalue weighted by atomic mass is 9.95. The Labute approximate surface area is 216 Å². The Morgan fingerprint density at radius 3 is 2.73 bits per heavy atom. The first kappa shape index (κ1) is 24.6. The van der Waals surface area contributed by atoms with Crippen LogP contribution in [0.15, 0.2) is 36.7 Å². The number of hydrogen-bond donors (Lipinski definition) is 3. The summed E-state index contributed by atoms with van der Waals surface area (Å²) in [5.41, 5.74) is 5.79. The SMILES string of the molecule is Cc1[nH]ncc1Nc1nccc(-c2ccc3c(c2)CCCCC3NC(=O)c2nnc(C(C)(C)C)n2C)n1. The Hall–Kier alpha value is -4.08. The first-order chi connectivity index (χ1) is 17.7. The fourth-order valence-electron chi connectivity index (χ4n) is 4.87. The molecule has 3 heterocycles. The molecule has 3 N–H and O–H groups in total. The molecule has 10 heteroatoms. The molecule has 0 saturated heterocycles. The van der Waals surface area contributed by atoms with Crippen molar-refractivity contribution in [2.24, 2.45) is 7.05 Å². The van der Waals surface area contributed by atoms with Crippen molar-refractivity contribution in [2.45, 2.75) is 64.8 Å². The van der Waals surface area contributed by atoms with Crippen LogP contribution in [0.5, 0.6) is 0 Å². The number of nitrogens with zero attached hydrogens (tertiary/aromatic N) is 6. The average molecular weight is 500 g/mol. The number of aromatic amines is 1. The molecule has 0 spiro atoms. The zero-order valence-electron chi connectivity index (χ0n) is 22.0. The van der Waals surface area contributed by atoms with Crippen molar-refractivity contribution in [3.05, 3.63) is 65.1 Å². The number of hydrogen-bond acceptors (Lipinski definition) is 7. The van der Waals surface area contributed by atoms with Crippen molar-refractivity contribution >= 4 is 17.5 Å². The molecular formula is C27H33N9O. The summed E-state index contributed by atoms with van der Waals surface area (Å²) in [6, 6.07) is 8.20. The average Bonchev–Trinajstić information content (AvgIpc) is 3.39. The predicted octanol–water partition coefficient (Wildman–Crippen LogP) is 4.54. The lowest BCUT2D eigenvalue weighted by Gasteiger charge is -2.20. The van der Waals surface area contributed by atoms with Gasteiger partial charge >= 0.3 is 0 Å². The molecule has 1 aromatic carbocycles. The largest absolute Gasteiger partial charge is 0.343 e. The number of aromatic nitrogens is 7. The van der Waals surface area contributed by atoms with Gasteiger partial charge in [-0.05, 0) is 49.4 Å². The van der Waals surface area contributed by atoms with Gasteiger partial charge in [-0.3, -0.25) is 9.89 Å². The van der Waals surface area contributed by atoms with Crippen LogP contribution in [-0.2, 0) is 18.9 Å². The number of rotatable bonds is 5. The van der Waals surface area contributed by atoms with Crippen LogP contribution in [0.25, 0.3) is 11.3 Å². The maximum atomic E-state index is 13.2. The lowest BCUT2D eigenvalue weighted by Crippen LogP contribution is -2.31. The van der Waals surface area contributed by atoms with Crippen molar-refractivity contribution in [1.29, 1.82) is 0 Å². The van der Waals surface area contributed by atoms with Crippen molar-refractivity contribution in [3.8, 4) is 11.3 Å². The Morgan fingerprint density at radius 1 is 1.16 bits per heavy atom. The van der Waals surface area contributed by atoms with E-state index in [1.165, 1.54) is 5.56 Å². The van der Waals surface area contributed by atoms with E-state index in [0.29, 0.717) is 11.8 Å². The summed E-state index contributed by atoms with van der Waals surface area (Å²) in [7, 11) is 1.85. The molecule has 1 amide bonds. The summed E-state index contributed by atoms with van der Waals surface area (Å²) in [5.74, 6) is 1.43. The maximum absolute atomic E-state index is 13.2. The number of benzene rings is 1. The first-order valence-electron chi connectivity index (χ1n) is 12.6. The first-order valence-corrected chi connectivity index (χ1v) is 12.6. The normalized spacial score (nSPS) is 15.6. The Morgan fingerprint density at radius 2 is 2.00 bits per heavy atom. The third kappa shape index (κ3) is 5.09. The van der Waals surface area contributed by atoms with Crippen molar-refractivity contribution < 1.29 is 4.79 Å². The van der Waals surface area contributed by atoms with Crippen LogP contribution in [0.2, 0.25) is 0 Å². The third-order valence-electron chi connectivity index (χ3n) is 6.79. The van der Waals surface area contributed by atoms with Gasteiger partial charge in [-0.1, -0.05) is 39.3 Å². The molecule has 5 rings (SSSR count). The molecule has 0 saturated carbocycles. The van der Waals surface area contributed by atoms with E-state index in [9.17, 15) is 4.79 Å². The minimum absolute atomic E-state index is 0.0828. The summed E-state index contributed by atoms with van der Waals surface area (Å²) >= 11 is 0. The molecule has 10 nitrogen and oxygen atoms in total. The minimum atomic E-state index is -0.200. The summed E-state index contributed by atoms with van der Waals surface area (Å²) in [6.07, 6.45) is 7.41. The van der Waals surface area contributed by atoms with Gasteiger partial charge in [-0.25, -0.2) is 9.97 Å². The standard InChI is InChI=1S/C27H33N9O/c1-16-22(15-29-33-16)32-26-28-13-12-20(31-26)18-10-11-19-17(14-18)8-6-7-9-21(19)30-24(37)23-34-35-25(36(23)5)27(2,3)4/h10-15,21H,6-9H2,1-5H3,(H,29,33)(H,30,37)(H,28,31,32). The molecule has 3 aromatic heterocycles. The van der Waals surface area contributed by atoms with Crippen LogP contribution in [0.1, 0.15) is 79.3 Å². The molecule has 1 aliphatic rings. The number of H-pyrrole nitrogens is 1. The van der Waals surface area contributed by atoms with Crippen LogP contribution in [0, 0.1) is 6.92 Å². The van der Waals surface area contributed by atoms with E-state index in [1.807, 2.05) is 20.0 Å². The van der Waals surface area contributed by atoms with Gasteiger partial charge in [0.25, 0.3) is 5.91 Å². The minimum Gasteiger partial charge on any atom is -0.343 e. The van der Waals surface area contributed by atoms with Gasteiger partial charge in [-0.2, -0.15) is 5.10 Å². The summed E-state index contributed by atoms with van der Waals surface area (Å²) < 4.78 is 1.79. The van der Waals surface area contributed by atoms with Gasteiger partial charge in [0.1, 0.15) is 5.82 Å². The number of carbonyl (C=O) groups excluding carboxylic acids is 1. The Bertz CT molecular complexity index is 1430. The highest BCUT2D eigenvalue weighted by Gasteiger charge is 2.27. The Balaban J connectivity index is 1.38. The highest BCUT2D eigenvalue weighted by Crippen LogP contribution is 2.32. The molecule has 1 aliphatic carbocycles. The van der Waals surface area contributed by atoms with E-state index < -0.39 is 0 Å². The molecule has 0 aliphatic heterocycles. The van der Waals surface area contributed by atoms with Gasteiger partial charge in [0, 0.05) is 24.2 Å². The zero-order valence-corrected chi connectivity index (χ0v) is 22.0. The fourth-order valence-corrected chi connectivity index (χ4v) is 4.87. The Kier molecular flexibility index (Phi) is 6.49. The molecule has 0 radical (unpaired) electrons. The monoisotopic (exact) mass is 499 g/mol. The second-order valence-electron chi connectivity index (χ2n) is 10.6. The quantitative estimate of drug-likeness (QED) is 0.344. The number of carbonyl (C=O) groups is 1. The molecular weight excluding hydrogens is 466 g/mol. The van der Waals surface area contributed by atoms with E-state index in [4.69, 9.17) is 4.98 Å². The van der Waals surface area contributed by atoms with E-state index in [1.54, 1.807) is 17.0 Å². The number of amides is 1. The van der Waals surface area contributed by atoms with E-state index >= 15 is 0 Å². The summed E-state index contributed by atoms with van der Waals surface area (Å²) in [4.78, 5) is 22.3. The van der Waals surface area contributed by atoms with Gasteiger partial charge in [-0.15, -0.1) is 10.2 Å². The topological polar surface area (TPSA) is 126 Å². The second-order valence-corrected chi connectivity index (χ2v) is 10.6. The highest BCUT2D eigenvalue weighted by molar-refractivity contribution is 5.91. The van der Waals surface area contributed by atoms with E-state index in [2.05, 4.69) is 75.0 Å². The molecule has 37 heavy (non-hydrogen) atoms. The number of anilines is 2. The van der Waals surface area contributed by atoms with Gasteiger partial charge in [0.15, 0.2) is 0 Å². The fraction of sp³-hybridized carbons (Fsp3) is 0.407. The highest BCUT2D eigenvalue weighted by atomic mass is 16.2. The third-order valence-corrected chi connectivity index (χ3v) is 6.79. The number of fused-ring (bicyclic) bond motifs is 1. The number of aryl methyl sites for hydroxylation is 2. The van der Waals surface area contributed by atoms with Crippen molar-refractivity contribution in [2.75, 3.05) is 5.32 Å². The van der Waals surface area contributed by atoms with Crippen LogP contribution < -0.4 is 10.6 Å². The van der Waals surface area contributed by atoms with Crippen LogP contribution in [0.3, 0.4) is 0 Å². The van der Waals surface area contributed by atoms with Crippen LogP contribution >= 0.6 is 0 Å². The maximum Gasteiger partial charge on any atom is 0.289 e. The molecule has 1 unspecified atom stereocenters. The zero-order chi connectivity index (χ0) is 26.2. The molecule has 0 bridgehead atoms. The molecule has 1 atom stereocenters. The lowest BCUT2D eigenvalue weighted by molar-refractivity contribution is 0.0920. The number of nitrogens with one attached hydrogen (secondary N) is 3. The van der Waals surface area contributed by atoms with Crippen molar-refractivity contribution in [3.63, 3.8) is 0 Å². The summed E-state index contributed by atoms with van der Waals surface area (Å²) in [6.45, 7) is 8.13. The predicted molar refractivity (Wildman–Crippen MR) is 142 cm³/mol. The van der Waals surface area contributed by atoms with E-state index in [0.717, 1.165) is 59.7 Å². The van der Waals surface area contributed by atoms with Gasteiger partial charge < -0.3 is 15.2 Å². The van der Waals surface area contributed by atoms with Crippen LogP contribution in [-0.4, -0.2) is 40.8 Å². The molecule has 0 fully saturated rings. The molecule has 192 valence electrons. The van der Waals surface area contributed by atoms with Crippen molar-refractivity contribution in [1.82, 2.24) is 40.2 Å². The van der Waals surface area contributed by atoms with Crippen LogP contribution in [0.4, 0.5) is 11.6 Å². The van der Waals surface area contributed by atoms with E-state index in [-0.39, 0.29) is 17.4 Å². The van der Waals surface area contributed by atoms with Gasteiger partial charge in [0.05, 0.1) is 29.3 Å². The summed E-state index contributed by atoms with van der Waals surface area (Å²) in [5, 5.41) is 21.9. The second kappa shape index (κ2) is 9.76. The van der Waals surface area contributed by atoms with Gasteiger partial charge in [0.2, 0.25) is 11.8 Å².